The number of aromatic amines is 1. The van der Waals surface area contributed by atoms with Crippen molar-refractivity contribution in [2.45, 2.75) is 56.9 Å². The monoisotopic (exact) mass is 342 g/mol. The SMILES string of the molecule is S=C(NC1CCCCC1)N1CCC[C@H](c2nc3ccccc3[nH]2)C1. The van der Waals surface area contributed by atoms with Crippen LogP contribution in [0.15, 0.2) is 24.3 Å². The Morgan fingerprint density at radius 2 is 1.96 bits per heavy atom. The number of nitrogens with zero attached hydrogens (tertiary/aromatic N) is 2. The van der Waals surface area contributed by atoms with E-state index in [0.29, 0.717) is 12.0 Å². The van der Waals surface area contributed by atoms with E-state index in [-0.39, 0.29) is 0 Å². The third-order valence-electron chi connectivity index (χ3n) is 5.44. The first-order valence-corrected chi connectivity index (χ1v) is 9.70. The number of para-hydroxylation sites is 2. The summed E-state index contributed by atoms with van der Waals surface area (Å²) in [7, 11) is 0. The Bertz CT molecular complexity index is 671. The number of likely N-dealkylation sites (tertiary alicyclic amines) is 1. The average Bonchev–Trinajstić information content (AvgIpc) is 3.07. The fourth-order valence-electron chi connectivity index (χ4n) is 4.06. The topological polar surface area (TPSA) is 44.0 Å². The summed E-state index contributed by atoms with van der Waals surface area (Å²) in [5, 5.41) is 4.56. The van der Waals surface area contributed by atoms with Crippen LogP contribution in [0.4, 0.5) is 0 Å². The number of hydrogen-bond donors (Lipinski definition) is 2. The smallest absolute Gasteiger partial charge is 0.169 e. The summed E-state index contributed by atoms with van der Waals surface area (Å²) in [6.45, 7) is 2.04. The summed E-state index contributed by atoms with van der Waals surface area (Å²) >= 11 is 5.71. The lowest BCUT2D eigenvalue weighted by Crippen LogP contribution is -2.48. The summed E-state index contributed by atoms with van der Waals surface area (Å²) in [4.78, 5) is 10.7. The van der Waals surface area contributed by atoms with E-state index in [1.165, 1.54) is 44.9 Å². The molecule has 2 aliphatic rings. The summed E-state index contributed by atoms with van der Waals surface area (Å²) < 4.78 is 0. The van der Waals surface area contributed by atoms with Gasteiger partial charge < -0.3 is 15.2 Å². The molecule has 1 saturated heterocycles. The van der Waals surface area contributed by atoms with Gasteiger partial charge in [-0.1, -0.05) is 31.4 Å². The second kappa shape index (κ2) is 7.09. The zero-order chi connectivity index (χ0) is 16.4. The highest BCUT2D eigenvalue weighted by Gasteiger charge is 2.26. The van der Waals surface area contributed by atoms with Crippen LogP contribution in [0.2, 0.25) is 0 Å². The Hall–Kier alpha value is -1.62. The van der Waals surface area contributed by atoms with Gasteiger partial charge in [-0.2, -0.15) is 0 Å². The molecule has 0 radical (unpaired) electrons. The molecular formula is C19H26N4S. The number of thiocarbonyl (C=S) groups is 1. The molecular weight excluding hydrogens is 316 g/mol. The van der Waals surface area contributed by atoms with Crippen LogP contribution in [0.25, 0.3) is 11.0 Å². The van der Waals surface area contributed by atoms with Gasteiger partial charge in [0.05, 0.1) is 11.0 Å². The number of nitrogens with one attached hydrogen (secondary N) is 2. The Kier molecular flexibility index (Phi) is 4.69. The van der Waals surface area contributed by atoms with E-state index in [2.05, 4.69) is 33.4 Å². The van der Waals surface area contributed by atoms with Crippen molar-refractivity contribution in [2.24, 2.45) is 0 Å². The highest BCUT2D eigenvalue weighted by atomic mass is 32.1. The fourth-order valence-corrected chi connectivity index (χ4v) is 4.40. The average molecular weight is 343 g/mol. The summed E-state index contributed by atoms with van der Waals surface area (Å²) in [6.07, 6.45) is 8.94. The molecule has 4 rings (SSSR count). The van der Waals surface area contributed by atoms with Gasteiger partial charge in [0.15, 0.2) is 5.11 Å². The van der Waals surface area contributed by atoms with E-state index in [9.17, 15) is 0 Å². The van der Waals surface area contributed by atoms with E-state index in [4.69, 9.17) is 17.2 Å². The number of hydrogen-bond acceptors (Lipinski definition) is 2. The molecule has 2 fully saturated rings. The van der Waals surface area contributed by atoms with Crippen LogP contribution < -0.4 is 5.32 Å². The third-order valence-corrected chi connectivity index (χ3v) is 5.81. The standard InChI is InChI=1S/C19H26N4S/c24-19(20-15-8-2-1-3-9-15)23-12-6-7-14(13-23)18-21-16-10-4-5-11-17(16)22-18/h4-5,10-11,14-15H,1-3,6-9,12-13H2,(H,20,24)(H,21,22)/t14-/m0/s1. The number of rotatable bonds is 2. The van der Waals surface area contributed by atoms with Crippen molar-refractivity contribution >= 4 is 28.4 Å². The number of fused-ring (bicyclic) bond motifs is 1. The maximum absolute atomic E-state index is 5.71. The number of aromatic nitrogens is 2. The molecule has 5 heteroatoms. The van der Waals surface area contributed by atoms with Crippen LogP contribution in [-0.4, -0.2) is 39.1 Å². The molecule has 1 aliphatic heterocycles. The molecule has 4 nitrogen and oxygen atoms in total. The molecule has 2 heterocycles. The zero-order valence-corrected chi connectivity index (χ0v) is 14.9. The zero-order valence-electron chi connectivity index (χ0n) is 14.1. The van der Waals surface area contributed by atoms with Crippen LogP contribution in [0.5, 0.6) is 0 Å². The van der Waals surface area contributed by atoms with Crippen molar-refractivity contribution in [1.29, 1.82) is 0 Å². The van der Waals surface area contributed by atoms with Gasteiger partial charge in [0.1, 0.15) is 5.82 Å². The highest BCUT2D eigenvalue weighted by molar-refractivity contribution is 7.80. The largest absolute Gasteiger partial charge is 0.360 e. The molecule has 1 aromatic carbocycles. The van der Waals surface area contributed by atoms with E-state index < -0.39 is 0 Å². The molecule has 24 heavy (non-hydrogen) atoms. The predicted octanol–water partition coefficient (Wildman–Crippen LogP) is 3.95. The Morgan fingerprint density at radius 3 is 2.79 bits per heavy atom. The van der Waals surface area contributed by atoms with Crippen molar-refractivity contribution in [3.63, 3.8) is 0 Å². The van der Waals surface area contributed by atoms with Crippen LogP contribution in [-0.2, 0) is 0 Å². The molecule has 0 bridgehead atoms. The fraction of sp³-hybridized carbons (Fsp3) is 0.579. The van der Waals surface area contributed by atoms with Gasteiger partial charge in [-0.15, -0.1) is 0 Å². The Balaban J connectivity index is 1.42. The van der Waals surface area contributed by atoms with E-state index in [0.717, 1.165) is 35.1 Å². The number of H-pyrrole nitrogens is 1. The first kappa shape index (κ1) is 15.9. The van der Waals surface area contributed by atoms with Gasteiger partial charge in [-0.25, -0.2) is 4.98 Å². The molecule has 2 aromatic rings. The summed E-state index contributed by atoms with van der Waals surface area (Å²) in [5.74, 6) is 1.55. The van der Waals surface area contributed by atoms with Crippen molar-refractivity contribution < 1.29 is 0 Å². The highest BCUT2D eigenvalue weighted by Crippen LogP contribution is 2.27. The van der Waals surface area contributed by atoms with Crippen molar-refractivity contribution in [3.05, 3.63) is 30.1 Å². The minimum Gasteiger partial charge on any atom is -0.360 e. The molecule has 2 N–H and O–H groups in total. The number of imidazole rings is 1. The summed E-state index contributed by atoms with van der Waals surface area (Å²) in [5.41, 5.74) is 2.19. The number of piperidine rings is 1. The van der Waals surface area contributed by atoms with Gasteiger partial charge in [0, 0.05) is 25.0 Å². The normalized spacial score (nSPS) is 22.7. The molecule has 1 aliphatic carbocycles. The first-order chi connectivity index (χ1) is 11.8. The number of benzene rings is 1. The molecule has 0 unspecified atom stereocenters. The molecule has 0 spiro atoms. The van der Waals surface area contributed by atoms with E-state index in [1.807, 2.05) is 6.07 Å². The first-order valence-electron chi connectivity index (χ1n) is 9.30. The van der Waals surface area contributed by atoms with Crippen molar-refractivity contribution in [1.82, 2.24) is 20.2 Å². The van der Waals surface area contributed by atoms with Gasteiger partial charge in [-0.05, 0) is 50.0 Å². The third kappa shape index (κ3) is 3.41. The second-order valence-corrected chi connectivity index (χ2v) is 7.60. The molecule has 128 valence electrons. The lowest BCUT2D eigenvalue weighted by molar-refractivity contribution is 0.292. The van der Waals surface area contributed by atoms with Crippen LogP contribution in [0, 0.1) is 0 Å². The van der Waals surface area contributed by atoms with Crippen LogP contribution >= 0.6 is 12.2 Å². The maximum atomic E-state index is 5.71. The minimum atomic E-state index is 0.442. The van der Waals surface area contributed by atoms with E-state index in [1.54, 1.807) is 0 Å². The van der Waals surface area contributed by atoms with Crippen molar-refractivity contribution in [2.75, 3.05) is 13.1 Å². The lowest BCUT2D eigenvalue weighted by atomic mass is 9.95. The van der Waals surface area contributed by atoms with Crippen LogP contribution in [0.3, 0.4) is 0 Å². The summed E-state index contributed by atoms with van der Waals surface area (Å²) in [6, 6.07) is 8.86. The molecule has 0 amide bonds. The quantitative estimate of drug-likeness (QED) is 0.811. The predicted molar refractivity (Wildman–Crippen MR) is 102 cm³/mol. The maximum Gasteiger partial charge on any atom is 0.169 e. The molecule has 1 atom stereocenters. The Labute approximate surface area is 149 Å². The van der Waals surface area contributed by atoms with Crippen LogP contribution in [0.1, 0.15) is 56.7 Å². The minimum absolute atomic E-state index is 0.442. The molecule has 1 aromatic heterocycles. The van der Waals surface area contributed by atoms with Gasteiger partial charge in [0.25, 0.3) is 0 Å². The van der Waals surface area contributed by atoms with Gasteiger partial charge >= 0.3 is 0 Å². The van der Waals surface area contributed by atoms with Gasteiger partial charge in [-0.3, -0.25) is 0 Å². The van der Waals surface area contributed by atoms with Gasteiger partial charge in [0.2, 0.25) is 0 Å². The van der Waals surface area contributed by atoms with Crippen molar-refractivity contribution in [3.8, 4) is 0 Å². The van der Waals surface area contributed by atoms with E-state index >= 15 is 0 Å². The molecule has 1 saturated carbocycles. The lowest BCUT2D eigenvalue weighted by Gasteiger charge is -2.36. The second-order valence-electron chi connectivity index (χ2n) is 7.21. The Morgan fingerprint density at radius 1 is 1.12 bits per heavy atom.